The summed E-state index contributed by atoms with van der Waals surface area (Å²) in [6.45, 7) is 7.10. The van der Waals surface area contributed by atoms with Crippen molar-refractivity contribution in [3.63, 3.8) is 0 Å². The van der Waals surface area contributed by atoms with E-state index in [0.29, 0.717) is 6.54 Å². The highest BCUT2D eigenvalue weighted by Gasteiger charge is 2.42. The average molecular weight is 275 g/mol. The molecule has 0 spiro atoms. The summed E-state index contributed by atoms with van der Waals surface area (Å²) in [4.78, 5) is 14.5. The Labute approximate surface area is 120 Å². The van der Waals surface area contributed by atoms with E-state index in [9.17, 15) is 9.18 Å². The highest BCUT2D eigenvalue weighted by atomic mass is 19.1. The molecule has 0 N–H and O–H groups in total. The number of benzene rings is 1. The predicted molar refractivity (Wildman–Crippen MR) is 76.6 cm³/mol. The van der Waals surface area contributed by atoms with Crippen molar-refractivity contribution >= 4 is 5.91 Å². The highest BCUT2D eigenvalue weighted by molar-refractivity contribution is 5.81. The lowest BCUT2D eigenvalue weighted by atomic mass is 9.78. The second kappa shape index (κ2) is 4.57. The van der Waals surface area contributed by atoms with E-state index in [1.54, 1.807) is 6.07 Å². The number of carbonyl (C=O) groups excluding carboxylic acids is 1. The first-order valence-corrected chi connectivity index (χ1v) is 7.44. The fraction of sp³-hybridized carbons (Fsp3) is 0.588. The molecule has 1 heterocycles. The summed E-state index contributed by atoms with van der Waals surface area (Å²) in [7, 11) is 0. The van der Waals surface area contributed by atoms with Gasteiger partial charge in [-0.25, -0.2) is 4.39 Å². The fourth-order valence-electron chi connectivity index (χ4n) is 3.12. The first-order valence-electron chi connectivity index (χ1n) is 7.44. The minimum absolute atomic E-state index is 0.0383. The van der Waals surface area contributed by atoms with Gasteiger partial charge < -0.3 is 4.90 Å². The molecule has 2 nitrogen and oxygen atoms in total. The van der Waals surface area contributed by atoms with Crippen molar-refractivity contribution in [2.75, 3.05) is 0 Å². The van der Waals surface area contributed by atoms with Gasteiger partial charge in [0.05, 0.1) is 0 Å². The van der Waals surface area contributed by atoms with Gasteiger partial charge in [0.25, 0.3) is 0 Å². The van der Waals surface area contributed by atoms with Crippen molar-refractivity contribution < 1.29 is 9.18 Å². The zero-order chi connectivity index (χ0) is 14.5. The minimum Gasteiger partial charge on any atom is -0.334 e. The van der Waals surface area contributed by atoms with Crippen LogP contribution in [0.3, 0.4) is 0 Å². The lowest BCUT2D eigenvalue weighted by Crippen LogP contribution is -2.51. The van der Waals surface area contributed by atoms with Gasteiger partial charge in [0.2, 0.25) is 5.91 Å². The second-order valence-corrected chi connectivity index (χ2v) is 7.24. The van der Waals surface area contributed by atoms with E-state index >= 15 is 0 Å². The second-order valence-electron chi connectivity index (χ2n) is 7.24. The molecular weight excluding hydrogens is 253 g/mol. The summed E-state index contributed by atoms with van der Waals surface area (Å²) < 4.78 is 13.4. The van der Waals surface area contributed by atoms with Crippen LogP contribution in [0.25, 0.3) is 0 Å². The molecule has 20 heavy (non-hydrogen) atoms. The molecular formula is C17H22FNO. The van der Waals surface area contributed by atoms with Crippen molar-refractivity contribution in [2.45, 2.75) is 52.6 Å². The zero-order valence-electron chi connectivity index (χ0n) is 12.4. The molecule has 2 aliphatic rings. The van der Waals surface area contributed by atoms with Gasteiger partial charge in [-0.1, -0.05) is 26.8 Å². The fourth-order valence-corrected chi connectivity index (χ4v) is 3.12. The molecule has 1 aromatic carbocycles. The number of rotatable bonds is 1. The summed E-state index contributed by atoms with van der Waals surface area (Å²) in [5, 5.41) is 0. The smallest absolute Gasteiger partial charge is 0.226 e. The first-order chi connectivity index (χ1) is 9.36. The van der Waals surface area contributed by atoms with Gasteiger partial charge in [-0.2, -0.15) is 0 Å². The number of carbonyl (C=O) groups is 1. The van der Waals surface area contributed by atoms with Crippen LogP contribution in [0, 0.1) is 17.2 Å². The van der Waals surface area contributed by atoms with E-state index in [2.05, 4.69) is 20.8 Å². The van der Waals surface area contributed by atoms with Crippen LogP contribution in [-0.2, 0) is 17.8 Å². The van der Waals surface area contributed by atoms with Gasteiger partial charge >= 0.3 is 0 Å². The Morgan fingerprint density at radius 3 is 2.55 bits per heavy atom. The minimum atomic E-state index is -0.211. The zero-order valence-corrected chi connectivity index (χ0v) is 12.4. The van der Waals surface area contributed by atoms with Gasteiger partial charge in [-0.05, 0) is 47.9 Å². The van der Waals surface area contributed by atoms with E-state index in [1.807, 2.05) is 11.0 Å². The van der Waals surface area contributed by atoms with Crippen LogP contribution in [0.15, 0.2) is 18.2 Å². The molecule has 0 radical (unpaired) electrons. The predicted octanol–water partition coefficient (Wildman–Crippen LogP) is 3.54. The molecule has 1 aliphatic carbocycles. The Morgan fingerprint density at radius 1 is 1.25 bits per heavy atom. The number of amides is 1. The highest BCUT2D eigenvalue weighted by Crippen LogP contribution is 2.39. The Balaban J connectivity index is 1.95. The molecule has 1 unspecified atom stereocenters. The molecule has 108 valence electrons. The van der Waals surface area contributed by atoms with E-state index in [4.69, 9.17) is 0 Å². The lowest BCUT2D eigenvalue weighted by Gasteiger charge is -2.44. The number of nitrogens with zero attached hydrogens (tertiary/aromatic N) is 1. The maximum absolute atomic E-state index is 13.4. The number of fused-ring (bicyclic) bond motifs is 1. The maximum Gasteiger partial charge on any atom is 0.226 e. The summed E-state index contributed by atoms with van der Waals surface area (Å²) >= 11 is 0. The van der Waals surface area contributed by atoms with Crippen molar-refractivity contribution in [1.29, 1.82) is 0 Å². The van der Waals surface area contributed by atoms with Crippen LogP contribution in [-0.4, -0.2) is 16.8 Å². The van der Waals surface area contributed by atoms with Gasteiger partial charge in [-0.15, -0.1) is 0 Å². The van der Waals surface area contributed by atoms with Crippen LogP contribution in [0.2, 0.25) is 0 Å². The third-order valence-electron chi connectivity index (χ3n) is 4.51. The number of halogens is 1. The Hall–Kier alpha value is -1.38. The van der Waals surface area contributed by atoms with Crippen molar-refractivity contribution in [3.8, 4) is 0 Å². The lowest BCUT2D eigenvalue weighted by molar-refractivity contribution is -0.138. The number of hydrogen-bond acceptors (Lipinski definition) is 1. The van der Waals surface area contributed by atoms with E-state index < -0.39 is 0 Å². The molecule has 3 rings (SSSR count). The van der Waals surface area contributed by atoms with E-state index in [-0.39, 0.29) is 29.1 Å². The summed E-state index contributed by atoms with van der Waals surface area (Å²) in [6, 6.07) is 5.19. The van der Waals surface area contributed by atoms with Crippen LogP contribution in [0.5, 0.6) is 0 Å². The van der Waals surface area contributed by atoms with Crippen LogP contribution in [0.4, 0.5) is 4.39 Å². The monoisotopic (exact) mass is 275 g/mol. The summed E-state index contributed by atoms with van der Waals surface area (Å²) in [6.07, 6.45) is 2.86. The van der Waals surface area contributed by atoms with Crippen molar-refractivity contribution in [1.82, 2.24) is 4.90 Å². The van der Waals surface area contributed by atoms with E-state index in [1.165, 1.54) is 11.6 Å². The molecule has 1 atom stereocenters. The van der Waals surface area contributed by atoms with Crippen molar-refractivity contribution in [2.24, 2.45) is 11.3 Å². The molecule has 1 fully saturated rings. The Morgan fingerprint density at radius 2 is 1.95 bits per heavy atom. The van der Waals surface area contributed by atoms with Crippen LogP contribution < -0.4 is 0 Å². The van der Waals surface area contributed by atoms with Crippen LogP contribution in [0.1, 0.15) is 44.7 Å². The van der Waals surface area contributed by atoms with Gasteiger partial charge in [0.15, 0.2) is 0 Å². The quantitative estimate of drug-likeness (QED) is 0.767. The summed E-state index contributed by atoms with van der Waals surface area (Å²) in [5.41, 5.74) is 2.20. The Bertz CT molecular complexity index is 542. The molecule has 0 saturated heterocycles. The third kappa shape index (κ3) is 2.46. The molecule has 1 amide bonds. The maximum atomic E-state index is 13.4. The van der Waals surface area contributed by atoms with Gasteiger partial charge in [0, 0.05) is 18.5 Å². The van der Waals surface area contributed by atoms with Gasteiger partial charge in [0.1, 0.15) is 5.82 Å². The third-order valence-corrected chi connectivity index (χ3v) is 4.51. The Kier molecular flexibility index (Phi) is 3.11. The molecule has 0 aromatic heterocycles. The average Bonchev–Trinajstić information content (AvgIpc) is 3.19. The molecule has 1 aliphatic heterocycles. The summed E-state index contributed by atoms with van der Waals surface area (Å²) in [5.74, 6) is 0.270. The SMILES string of the molecule is CC(C)(C)C1Cc2ccc(F)cc2CN1C(=O)C1CC1. The molecule has 0 bridgehead atoms. The van der Waals surface area contributed by atoms with E-state index in [0.717, 1.165) is 24.8 Å². The standard InChI is InChI=1S/C17H22FNO/c1-17(2,3)15-9-12-6-7-14(18)8-13(12)10-19(15)16(20)11-4-5-11/h6-8,11,15H,4-5,9-10H2,1-3H3. The first kappa shape index (κ1) is 13.6. The molecule has 1 aromatic rings. The largest absolute Gasteiger partial charge is 0.334 e. The van der Waals surface area contributed by atoms with Gasteiger partial charge in [-0.3, -0.25) is 4.79 Å². The van der Waals surface area contributed by atoms with Crippen LogP contribution >= 0.6 is 0 Å². The van der Waals surface area contributed by atoms with Crippen molar-refractivity contribution in [3.05, 3.63) is 35.1 Å². The normalized spacial score (nSPS) is 22.6. The molecule has 1 saturated carbocycles. The molecule has 3 heteroatoms. The topological polar surface area (TPSA) is 20.3 Å². The number of hydrogen-bond donors (Lipinski definition) is 0.